The van der Waals surface area contributed by atoms with Crippen molar-refractivity contribution in [3.8, 4) is 23.5 Å². The van der Waals surface area contributed by atoms with Gasteiger partial charge in [0.2, 0.25) is 27.7 Å². The van der Waals surface area contributed by atoms with Crippen molar-refractivity contribution >= 4 is 15.9 Å². The van der Waals surface area contributed by atoms with E-state index in [2.05, 4.69) is 0 Å². The molecular formula is C20H18F3N3O6S. The maximum Gasteiger partial charge on any atom is 0.417 e. The van der Waals surface area contributed by atoms with Gasteiger partial charge in [0.1, 0.15) is 5.60 Å². The highest BCUT2D eigenvalue weighted by atomic mass is 32.2. The molecule has 1 saturated heterocycles. The lowest BCUT2D eigenvalue weighted by atomic mass is 9.72. The quantitative estimate of drug-likeness (QED) is 0.606. The van der Waals surface area contributed by atoms with E-state index >= 15 is 0 Å². The van der Waals surface area contributed by atoms with Crippen molar-refractivity contribution < 1.29 is 41.3 Å². The standard InChI is InChI=1S/C20H18F3N3O6S/c1-18-7-12(15(27)25-33(3,30)31)19(2,32-18)14-13(18)16(28)26(17(14)29)10-5-4-9(8-24)11(6-10)20(21,22)23/h4-6,12,28-29H,7H2,1-3H3,(H,25,27)/t12-,18?,19?/m0/s1. The molecule has 2 aliphatic heterocycles. The van der Waals surface area contributed by atoms with Crippen molar-refractivity contribution in [2.24, 2.45) is 5.92 Å². The van der Waals surface area contributed by atoms with E-state index in [9.17, 15) is 36.6 Å². The molecule has 3 heterocycles. The van der Waals surface area contributed by atoms with Crippen LogP contribution in [0.15, 0.2) is 18.2 Å². The number of aromatic hydroxyl groups is 2. The van der Waals surface area contributed by atoms with Gasteiger partial charge in [0.25, 0.3) is 0 Å². The number of nitriles is 1. The number of benzene rings is 1. The summed E-state index contributed by atoms with van der Waals surface area (Å²) in [6.07, 6.45) is -4.11. The topological polar surface area (TPSA) is 142 Å². The third kappa shape index (κ3) is 3.24. The number of carbonyl (C=O) groups excluding carboxylic acids is 1. The van der Waals surface area contributed by atoms with Gasteiger partial charge < -0.3 is 14.9 Å². The zero-order valence-electron chi connectivity index (χ0n) is 17.5. The van der Waals surface area contributed by atoms with Gasteiger partial charge in [-0.3, -0.25) is 14.1 Å². The van der Waals surface area contributed by atoms with E-state index in [4.69, 9.17) is 10.00 Å². The molecule has 3 N–H and O–H groups in total. The first-order valence-corrected chi connectivity index (χ1v) is 11.4. The second kappa shape index (κ2) is 6.64. The van der Waals surface area contributed by atoms with Crippen LogP contribution in [0, 0.1) is 17.2 Å². The zero-order chi connectivity index (χ0) is 24.7. The highest BCUT2D eigenvalue weighted by Crippen LogP contribution is 2.66. The van der Waals surface area contributed by atoms with Gasteiger partial charge in [-0.1, -0.05) is 0 Å². The minimum atomic E-state index is -4.86. The first kappa shape index (κ1) is 22.9. The van der Waals surface area contributed by atoms with E-state index in [-0.39, 0.29) is 23.2 Å². The number of hydrogen-bond donors (Lipinski definition) is 3. The fourth-order valence-corrected chi connectivity index (χ4v) is 5.41. The number of aromatic nitrogens is 1. The van der Waals surface area contributed by atoms with Crippen molar-refractivity contribution in [1.29, 1.82) is 5.26 Å². The molecule has 0 aliphatic carbocycles. The highest BCUT2D eigenvalue weighted by molar-refractivity contribution is 7.89. The van der Waals surface area contributed by atoms with E-state index < -0.39 is 62.1 Å². The summed E-state index contributed by atoms with van der Waals surface area (Å²) in [6, 6.07) is 4.12. The number of nitrogens with zero attached hydrogens (tertiary/aromatic N) is 2. The minimum Gasteiger partial charge on any atom is -0.494 e. The average Bonchev–Trinajstić information content (AvgIpc) is 3.20. The fourth-order valence-electron chi connectivity index (χ4n) is 4.91. The van der Waals surface area contributed by atoms with Crippen molar-refractivity contribution in [3.05, 3.63) is 40.5 Å². The van der Waals surface area contributed by atoms with Gasteiger partial charge >= 0.3 is 6.18 Å². The first-order chi connectivity index (χ1) is 15.0. The Morgan fingerprint density at radius 2 is 1.88 bits per heavy atom. The summed E-state index contributed by atoms with van der Waals surface area (Å²) >= 11 is 0. The third-order valence-corrected chi connectivity index (χ3v) is 6.70. The third-order valence-electron chi connectivity index (χ3n) is 6.13. The molecule has 2 aromatic rings. The molecule has 2 aliphatic rings. The van der Waals surface area contributed by atoms with Crippen molar-refractivity contribution in [1.82, 2.24) is 9.29 Å². The van der Waals surface area contributed by atoms with Crippen molar-refractivity contribution in [3.63, 3.8) is 0 Å². The van der Waals surface area contributed by atoms with Crippen LogP contribution >= 0.6 is 0 Å². The van der Waals surface area contributed by atoms with Crippen LogP contribution in [0.1, 0.15) is 42.5 Å². The molecule has 0 spiro atoms. The van der Waals surface area contributed by atoms with Crippen LogP contribution in [-0.4, -0.2) is 35.4 Å². The molecule has 1 aromatic carbocycles. The van der Waals surface area contributed by atoms with Gasteiger partial charge in [0, 0.05) is 0 Å². The maximum atomic E-state index is 13.4. The molecule has 9 nitrogen and oxygen atoms in total. The molecule has 1 aromatic heterocycles. The SMILES string of the molecule is CC12C[C@@H](C(=O)NS(C)(=O)=O)C(C)(O1)c1c2c(O)n(-c2ccc(C#N)c(C(F)(F)F)c2)c1O. The van der Waals surface area contributed by atoms with Gasteiger partial charge in [0.05, 0.1) is 51.8 Å². The van der Waals surface area contributed by atoms with Crippen LogP contribution < -0.4 is 4.72 Å². The molecule has 4 rings (SSSR count). The normalized spacial score (nSPS) is 26.2. The summed E-state index contributed by atoms with van der Waals surface area (Å²) in [4.78, 5) is 12.6. The lowest BCUT2D eigenvalue weighted by Crippen LogP contribution is -2.43. The van der Waals surface area contributed by atoms with Crippen LogP contribution in [0.3, 0.4) is 0 Å². The maximum absolute atomic E-state index is 13.4. The summed E-state index contributed by atoms with van der Waals surface area (Å²) in [5.74, 6) is -3.20. The fraction of sp³-hybridized carbons (Fsp3) is 0.400. The van der Waals surface area contributed by atoms with Crippen molar-refractivity contribution in [2.45, 2.75) is 37.6 Å². The minimum absolute atomic E-state index is 0.0275. The summed E-state index contributed by atoms with van der Waals surface area (Å²) in [5.41, 5.74) is -4.98. The molecule has 1 amide bonds. The van der Waals surface area contributed by atoms with Gasteiger partial charge in [-0.15, -0.1) is 0 Å². The molecular weight excluding hydrogens is 467 g/mol. The number of nitrogens with one attached hydrogen (secondary N) is 1. The molecule has 3 atom stereocenters. The van der Waals surface area contributed by atoms with Gasteiger partial charge in [-0.05, 0) is 38.5 Å². The number of fused-ring (bicyclic) bond motifs is 5. The molecule has 2 unspecified atom stereocenters. The smallest absolute Gasteiger partial charge is 0.417 e. The van der Waals surface area contributed by atoms with E-state index in [1.54, 1.807) is 0 Å². The Labute approximate surface area is 186 Å². The summed E-state index contributed by atoms with van der Waals surface area (Å²) < 4.78 is 71.9. The summed E-state index contributed by atoms with van der Waals surface area (Å²) in [7, 11) is -3.89. The second-order valence-corrected chi connectivity index (χ2v) is 10.3. The lowest BCUT2D eigenvalue weighted by molar-refractivity contribution is -0.138. The van der Waals surface area contributed by atoms with Gasteiger partial charge in [0.15, 0.2) is 0 Å². The van der Waals surface area contributed by atoms with Crippen LogP contribution in [0.4, 0.5) is 13.2 Å². The van der Waals surface area contributed by atoms with E-state index in [0.29, 0.717) is 6.07 Å². The average molecular weight is 485 g/mol. The number of carbonyl (C=O) groups is 1. The van der Waals surface area contributed by atoms with Gasteiger partial charge in [-0.2, -0.15) is 18.4 Å². The Hall–Kier alpha value is -3.24. The number of alkyl halides is 3. The number of halogens is 3. The van der Waals surface area contributed by atoms with Crippen LogP contribution in [0.2, 0.25) is 0 Å². The van der Waals surface area contributed by atoms with Crippen LogP contribution in [-0.2, 0) is 36.9 Å². The van der Waals surface area contributed by atoms with Crippen molar-refractivity contribution in [2.75, 3.05) is 6.26 Å². The second-order valence-electron chi connectivity index (χ2n) is 8.51. The molecule has 13 heteroatoms. The number of amides is 1. The Bertz CT molecular complexity index is 1360. The van der Waals surface area contributed by atoms with Crippen LogP contribution in [0.5, 0.6) is 11.8 Å². The molecule has 1 fully saturated rings. The zero-order valence-corrected chi connectivity index (χ0v) is 18.3. The molecule has 0 saturated carbocycles. The number of rotatable bonds is 3. The lowest BCUT2D eigenvalue weighted by Gasteiger charge is -2.28. The Morgan fingerprint density at radius 1 is 1.27 bits per heavy atom. The molecule has 2 bridgehead atoms. The molecule has 176 valence electrons. The largest absolute Gasteiger partial charge is 0.494 e. The molecule has 0 radical (unpaired) electrons. The van der Waals surface area contributed by atoms with E-state index in [1.807, 2.05) is 4.72 Å². The van der Waals surface area contributed by atoms with Crippen LogP contribution in [0.25, 0.3) is 5.69 Å². The Kier molecular flexibility index (Phi) is 4.62. The monoisotopic (exact) mass is 485 g/mol. The van der Waals surface area contributed by atoms with E-state index in [1.165, 1.54) is 19.9 Å². The Balaban J connectivity index is 1.89. The van der Waals surface area contributed by atoms with E-state index in [0.717, 1.165) is 23.0 Å². The highest BCUT2D eigenvalue weighted by Gasteiger charge is 2.66. The first-order valence-electron chi connectivity index (χ1n) is 9.54. The summed E-state index contributed by atoms with van der Waals surface area (Å²) in [5, 5.41) is 30.9. The molecule has 33 heavy (non-hydrogen) atoms. The summed E-state index contributed by atoms with van der Waals surface area (Å²) in [6.45, 7) is 2.95. The number of hydrogen-bond acceptors (Lipinski definition) is 7. The van der Waals surface area contributed by atoms with Gasteiger partial charge in [-0.25, -0.2) is 8.42 Å². The Morgan fingerprint density at radius 3 is 2.42 bits per heavy atom. The predicted molar refractivity (Wildman–Crippen MR) is 106 cm³/mol. The predicted octanol–water partition coefficient (Wildman–Crippen LogP) is 2.34. The number of ether oxygens (including phenoxy) is 1. The number of sulfonamides is 1.